The molecule has 13 heterocycles. The zero-order valence-electron chi connectivity index (χ0n) is 78.4. The third kappa shape index (κ3) is 22.8. The maximum Gasteiger partial charge on any atom is 0.410 e. The van der Waals surface area contributed by atoms with Crippen LogP contribution in [0, 0.1) is 29.6 Å². The molecule has 36 heteroatoms. The van der Waals surface area contributed by atoms with Crippen molar-refractivity contribution in [1.29, 1.82) is 0 Å². The molecule has 134 heavy (non-hydrogen) atoms. The van der Waals surface area contributed by atoms with Crippen LogP contribution in [0.4, 0.5) is 22.5 Å². The fourth-order valence-corrected chi connectivity index (χ4v) is 20.0. The summed E-state index contributed by atoms with van der Waals surface area (Å²) < 4.78 is 44.3. The molecule has 7 N–H and O–H groups in total. The van der Waals surface area contributed by atoms with Gasteiger partial charge in [-0.05, 0) is 136 Å². The number of allylic oxidation sites excluding steroid dienone is 6. The number of H-pyrrole nitrogens is 1. The number of ether oxygens (including phenoxy) is 7. The van der Waals surface area contributed by atoms with Crippen LogP contribution < -0.4 is 21.3 Å². The number of piperidine rings is 1. The molecule has 7 aromatic rings. The van der Waals surface area contributed by atoms with Gasteiger partial charge in [-0.15, -0.1) is 0 Å². The highest BCUT2D eigenvalue weighted by Crippen LogP contribution is 2.40. The minimum Gasteiger partial charge on any atom is -0.459 e. The summed E-state index contributed by atoms with van der Waals surface area (Å²) in [7, 11) is 4.47. The van der Waals surface area contributed by atoms with Gasteiger partial charge in [0.1, 0.15) is 59.7 Å². The van der Waals surface area contributed by atoms with E-state index in [2.05, 4.69) is 62.8 Å². The number of anilines is 3. The first-order valence-corrected chi connectivity index (χ1v) is 47.4. The Bertz CT molecular complexity index is 5490. The number of nitrogen functional groups attached to an aromatic ring is 1. The highest BCUT2D eigenvalue weighted by atomic mass is 16.6. The van der Waals surface area contributed by atoms with E-state index in [1.54, 1.807) is 77.7 Å². The molecule has 1 aliphatic carbocycles. The number of aliphatic hydroxyl groups excluding tert-OH is 1. The predicted octanol–water partition coefficient (Wildman–Crippen LogP) is 8.04. The summed E-state index contributed by atoms with van der Waals surface area (Å²) in [4.78, 5) is 163. The van der Waals surface area contributed by atoms with E-state index >= 15 is 0 Å². The molecule has 718 valence electrons. The van der Waals surface area contributed by atoms with Crippen LogP contribution in [0.5, 0.6) is 0 Å². The Morgan fingerprint density at radius 1 is 0.716 bits per heavy atom. The van der Waals surface area contributed by atoms with Gasteiger partial charge in [-0.2, -0.15) is 5.10 Å². The zero-order valence-corrected chi connectivity index (χ0v) is 78.4. The van der Waals surface area contributed by atoms with Gasteiger partial charge in [-0.1, -0.05) is 82.4 Å². The Hall–Kier alpha value is -11.2. The standard InChI is InChI=1S/C98H129N19O17/c1-59-15-11-10-12-16-60(2)79(128-7)49-73-22-18-64(6)98(127,134-73)88(122)93(124)116-29-14-13-17-76(116)94(125)132-80(50-77(118)61(3)44-63(5)86(121)87(130-9)85(120)62(4)43-59)74(99)46-65-20-23-78(81(47-65)129-8)133-97(126)115-31-26-75-72(57-115)54-105-96(108-75)113-38-36-111(37-39-113)82(119)27-41-131-42-40-110-32-34-112(35-33-110)95-103-52-71(53-104-95)92(123)114-30-25-67-45-66(19-21-69(67)56-114)55-117-91-83(89(100)106-58-107-91)84(109-117)70-48-68-24-28-101-90(68)102-51-70/h10-12,15-16,19,21,24,28,44-45,48,51-54,58-59,61-62,64-65,73-74,76,78-81,86-87,121,127H,13-14,17-18,20,22-23,25-27,29-43,46-47,49-50,55-57,99H2,1-9H3,(H,101,102)(H2,100,106,107)/b12-10?,15-11+,60-16?,63-44+/t59-,61-,62-,64-,65+,73+,74-,76+,78-,79+,80+,81-,86-,87+,98-/m1/s1. The van der Waals surface area contributed by atoms with E-state index in [9.17, 15) is 48.6 Å². The third-order valence-corrected chi connectivity index (χ3v) is 28.2. The molecule has 8 aliphatic rings. The van der Waals surface area contributed by atoms with Gasteiger partial charge in [0.25, 0.3) is 17.6 Å². The third-order valence-electron chi connectivity index (χ3n) is 28.2. The number of nitrogens with zero attached hydrogens (tertiary/aromatic N) is 16. The van der Waals surface area contributed by atoms with E-state index in [0.717, 1.165) is 62.5 Å². The number of rotatable bonds is 19. The number of hydrogen-bond donors (Lipinski definition) is 5. The molecule has 6 aromatic heterocycles. The van der Waals surface area contributed by atoms with Gasteiger partial charge in [-0.3, -0.25) is 33.7 Å². The normalized spacial score (nSPS) is 27.6. The van der Waals surface area contributed by atoms with Gasteiger partial charge in [0.05, 0.1) is 67.7 Å². The van der Waals surface area contributed by atoms with Crippen LogP contribution in [0.2, 0.25) is 0 Å². The lowest BCUT2D eigenvalue weighted by Crippen LogP contribution is -2.61. The molecule has 15 rings (SSSR count). The quantitative estimate of drug-likeness (QED) is 0.0221. The fraction of sp³-hybridized carbons (Fsp3) is 0.571. The number of aromatic nitrogens is 10. The molecular formula is C98H129N19O17. The number of Topliss-reactive ketones (excluding diaryl/α,β-unsaturated/α-hetero) is 3. The monoisotopic (exact) mass is 1840 g/mol. The number of esters is 1. The van der Waals surface area contributed by atoms with Crippen molar-refractivity contribution >= 4 is 86.9 Å². The Labute approximate surface area is 781 Å². The molecule has 0 radical (unpaired) electrons. The van der Waals surface area contributed by atoms with Crippen LogP contribution in [0.15, 0.2) is 115 Å². The second-order valence-electron chi connectivity index (χ2n) is 37.5. The summed E-state index contributed by atoms with van der Waals surface area (Å²) in [5.74, 6) is -7.34. The number of cyclic esters (lactones) is 1. The van der Waals surface area contributed by atoms with Crippen molar-refractivity contribution in [3.8, 4) is 11.3 Å². The molecule has 0 spiro atoms. The molecule has 4 saturated heterocycles. The number of benzene rings is 1. The Balaban J connectivity index is 0.485. The highest BCUT2D eigenvalue weighted by Gasteiger charge is 2.54. The minimum atomic E-state index is -2.51. The van der Waals surface area contributed by atoms with E-state index in [1.807, 2.05) is 77.0 Å². The zero-order chi connectivity index (χ0) is 94.6. The molecule has 4 amide bonds. The lowest BCUT2D eigenvalue weighted by Gasteiger charge is -2.42. The molecular weight excluding hydrogens is 1720 g/mol. The van der Waals surface area contributed by atoms with Gasteiger partial charge in [0, 0.05) is 197 Å². The number of carbonyl (C=O) groups excluding carboxylic acids is 8. The van der Waals surface area contributed by atoms with E-state index in [1.165, 1.54) is 19.0 Å². The van der Waals surface area contributed by atoms with E-state index < -0.39 is 108 Å². The van der Waals surface area contributed by atoms with Gasteiger partial charge >= 0.3 is 12.1 Å². The maximum atomic E-state index is 14.8. The van der Waals surface area contributed by atoms with Crippen molar-refractivity contribution in [3.05, 3.63) is 149 Å². The Morgan fingerprint density at radius 2 is 1.48 bits per heavy atom. The van der Waals surface area contributed by atoms with Gasteiger partial charge in [0.15, 0.2) is 11.4 Å². The number of carbonyl (C=O) groups is 8. The number of aromatic amines is 1. The van der Waals surface area contributed by atoms with E-state index in [4.69, 9.17) is 59.7 Å². The molecule has 7 aliphatic heterocycles. The Kier molecular flexibility index (Phi) is 32.0. The molecule has 1 aromatic carbocycles. The molecule has 36 nitrogen and oxygen atoms in total. The SMILES string of the molecule is CO[C@H]1C[C@@H]2CC[C@@H](C)[C@@](O)(O2)C(=O)C(=O)N2CCCC[C@H]2C(=O)O[C@H]([C@H](N)C[C@@H]2CC[C@@H](OC(=O)N3CCc4nc(N5CCN(C(=O)CCOCCN6CCN(c7ncc(C(=O)N8CCc9cc(Cn%10nc(-c%11cnc%12[nH]ccc%12c%11)c%11c(N)ncnc%11%10)ccc9C8)cn7)CC6)CC5)ncc4C3)[C@H](OC)C2)CC(=O)[C@H](C)/C=C(\C)[C@@H](O)[C@@H](OC)C(=O)[C@H](C)C[C@H](C)/C=C/C=CC=C1C. The number of hydrogen-bond acceptors (Lipinski definition) is 30. The molecule has 5 fully saturated rings. The first kappa shape index (κ1) is 97.3. The molecule has 1 saturated carbocycles. The number of amides is 4. The number of piperazine rings is 2. The maximum absolute atomic E-state index is 14.8. The van der Waals surface area contributed by atoms with Crippen molar-refractivity contribution < 1.29 is 81.7 Å². The summed E-state index contributed by atoms with van der Waals surface area (Å²) in [5, 5.41) is 30.5. The van der Waals surface area contributed by atoms with Crippen LogP contribution >= 0.6 is 0 Å². The minimum absolute atomic E-state index is 0.00523. The summed E-state index contributed by atoms with van der Waals surface area (Å²) >= 11 is 0. The average Bonchev–Trinajstić information content (AvgIpc) is 1.59. The number of ketones is 3. The smallest absolute Gasteiger partial charge is 0.410 e. The fourth-order valence-electron chi connectivity index (χ4n) is 20.0. The molecule has 0 unspecified atom stereocenters. The summed E-state index contributed by atoms with van der Waals surface area (Å²) in [6.07, 6.45) is 19.7. The summed E-state index contributed by atoms with van der Waals surface area (Å²) in [6.45, 7) is 19.2. The number of methoxy groups -OCH3 is 3. The highest BCUT2D eigenvalue weighted by molar-refractivity contribution is 6.39. The number of nitrogens with two attached hydrogens (primary N) is 2. The van der Waals surface area contributed by atoms with E-state index in [0.29, 0.717) is 195 Å². The van der Waals surface area contributed by atoms with Gasteiger partial charge in [-0.25, -0.2) is 49.2 Å². The van der Waals surface area contributed by atoms with Crippen LogP contribution in [-0.2, 0) is 94.4 Å². The summed E-state index contributed by atoms with van der Waals surface area (Å²) in [6, 6.07) is 8.09. The van der Waals surface area contributed by atoms with Gasteiger partial charge < -0.3 is 89.2 Å². The first-order chi connectivity index (χ1) is 64.6. The lowest BCUT2D eigenvalue weighted by molar-refractivity contribution is -0.265. The van der Waals surface area contributed by atoms with Crippen molar-refractivity contribution in [1.82, 2.24) is 74.2 Å². The van der Waals surface area contributed by atoms with Crippen LogP contribution in [-0.4, -0.2) is 305 Å². The first-order valence-electron chi connectivity index (χ1n) is 47.4. The largest absolute Gasteiger partial charge is 0.459 e. The summed E-state index contributed by atoms with van der Waals surface area (Å²) in [5.41, 5.74) is 23.0. The van der Waals surface area contributed by atoms with Crippen LogP contribution in [0.3, 0.4) is 0 Å². The predicted molar refractivity (Wildman–Crippen MR) is 498 cm³/mol. The topological polar surface area (TPSA) is 440 Å². The van der Waals surface area contributed by atoms with Crippen molar-refractivity contribution in [3.63, 3.8) is 0 Å². The molecule has 15 atom stereocenters. The molecule has 2 bridgehead atoms. The van der Waals surface area contributed by atoms with E-state index in [-0.39, 0.29) is 74.6 Å². The number of pyridine rings is 1. The van der Waals surface area contributed by atoms with Crippen molar-refractivity contribution in [2.75, 3.05) is 129 Å². The van der Waals surface area contributed by atoms with Crippen LogP contribution in [0.25, 0.3) is 33.3 Å². The van der Waals surface area contributed by atoms with Crippen LogP contribution in [0.1, 0.15) is 163 Å². The van der Waals surface area contributed by atoms with Crippen molar-refractivity contribution in [2.24, 2.45) is 35.3 Å². The second-order valence-corrected chi connectivity index (χ2v) is 37.5. The number of nitrogens with one attached hydrogen (secondary N) is 1. The average molecular weight is 1850 g/mol. The lowest BCUT2D eigenvalue weighted by atomic mass is 9.80. The Morgan fingerprint density at radius 3 is 2.25 bits per heavy atom. The second kappa shape index (κ2) is 44.1. The number of fused-ring (bicyclic) bond motifs is 7. The van der Waals surface area contributed by atoms with Crippen molar-refractivity contribution in [2.45, 2.75) is 218 Å². The van der Waals surface area contributed by atoms with Gasteiger partial charge in [0.2, 0.25) is 23.6 Å². The number of aliphatic hydroxyl groups is 2.